The molecule has 0 fully saturated rings. The Balaban J connectivity index is 1.34. The predicted molar refractivity (Wildman–Crippen MR) is 208 cm³/mol. The quantitative estimate of drug-likeness (QED) is 0.145. The summed E-state index contributed by atoms with van der Waals surface area (Å²) < 4.78 is 11.0. The fourth-order valence-corrected chi connectivity index (χ4v) is 12.5. The van der Waals surface area contributed by atoms with Crippen molar-refractivity contribution in [2.24, 2.45) is 0 Å². The summed E-state index contributed by atoms with van der Waals surface area (Å²) in [6.45, 7) is 4.98. The van der Waals surface area contributed by atoms with Crippen LogP contribution in [0.1, 0.15) is 25.0 Å². The van der Waals surface area contributed by atoms with Gasteiger partial charge < -0.3 is 9.05 Å². The van der Waals surface area contributed by atoms with E-state index in [1.54, 1.807) is 0 Å². The van der Waals surface area contributed by atoms with Crippen molar-refractivity contribution >= 4 is 103 Å². The smallest absolute Gasteiger partial charge is 0.333 e. The SMILES string of the molecule is CC1(C)c2ccccc2-c2cc3c4c(c21)-n1c2c(cccc2c2sc5ccccc5c21)B4n1c2c-3cccc2c2sc3ccccc3c21. The van der Waals surface area contributed by atoms with Crippen molar-refractivity contribution in [2.75, 3.05) is 0 Å². The van der Waals surface area contributed by atoms with Crippen LogP contribution in [-0.4, -0.2) is 15.9 Å². The highest BCUT2D eigenvalue weighted by atomic mass is 32.1. The van der Waals surface area contributed by atoms with Crippen LogP contribution in [0, 0.1) is 0 Å². The topological polar surface area (TPSA) is 9.86 Å². The van der Waals surface area contributed by atoms with E-state index in [2.05, 4.69) is 138 Å². The molecule has 0 spiro atoms. The Morgan fingerprint density at radius 1 is 0.542 bits per heavy atom. The molecule has 6 heterocycles. The van der Waals surface area contributed by atoms with Crippen LogP contribution >= 0.6 is 22.7 Å². The molecule has 48 heavy (non-hydrogen) atoms. The van der Waals surface area contributed by atoms with Gasteiger partial charge in [0.25, 0.3) is 0 Å². The van der Waals surface area contributed by atoms with Crippen LogP contribution in [0.25, 0.3) is 90.4 Å². The number of aromatic nitrogens is 2. The van der Waals surface area contributed by atoms with Gasteiger partial charge in [0.15, 0.2) is 0 Å². The third-order valence-electron chi connectivity index (χ3n) is 11.9. The Morgan fingerprint density at radius 3 is 1.98 bits per heavy atom. The minimum absolute atomic E-state index is 0.0687. The van der Waals surface area contributed by atoms with Crippen LogP contribution in [0.3, 0.4) is 0 Å². The first kappa shape index (κ1) is 25.0. The van der Waals surface area contributed by atoms with Crippen molar-refractivity contribution in [1.82, 2.24) is 9.05 Å². The predicted octanol–water partition coefficient (Wildman–Crippen LogP) is 10.6. The van der Waals surface area contributed by atoms with Gasteiger partial charge in [0.05, 0.1) is 25.9 Å². The summed E-state index contributed by atoms with van der Waals surface area (Å²) in [5, 5.41) is 5.45. The maximum absolute atomic E-state index is 2.75. The van der Waals surface area contributed by atoms with Crippen LogP contribution in [-0.2, 0) is 5.41 Å². The zero-order valence-corrected chi connectivity index (χ0v) is 27.9. The zero-order chi connectivity index (χ0) is 31.2. The summed E-state index contributed by atoms with van der Waals surface area (Å²) in [5.41, 5.74) is 18.0. The molecule has 0 unspecified atom stereocenters. The van der Waals surface area contributed by atoms with Gasteiger partial charge in [-0.1, -0.05) is 111 Å². The Hall–Kier alpha value is -5.10. The monoisotopic (exact) mass is 644 g/mol. The first-order valence-corrected chi connectivity index (χ1v) is 18.5. The molecule has 6 aromatic carbocycles. The number of hydrogen-bond acceptors (Lipinski definition) is 2. The molecule has 0 atom stereocenters. The summed E-state index contributed by atoms with van der Waals surface area (Å²) in [7, 11) is 0. The average Bonchev–Trinajstić information content (AvgIpc) is 3.89. The summed E-state index contributed by atoms with van der Waals surface area (Å²) in [6, 6.07) is 43.9. The molecule has 5 heteroatoms. The molecule has 1 aliphatic carbocycles. The summed E-state index contributed by atoms with van der Waals surface area (Å²) in [5.74, 6) is 0. The Bertz CT molecular complexity index is 3160. The molecule has 0 amide bonds. The molecule has 0 saturated heterocycles. The van der Waals surface area contributed by atoms with Crippen LogP contribution in [0.2, 0.25) is 0 Å². The highest BCUT2D eigenvalue weighted by Crippen LogP contribution is 2.56. The standard InChI is InChI=1S/C43H25BN2S2/c1-43(2)30-17-6-3-11-22(30)28-21-29-23-14-9-15-26-36(23)46(39-25-13-5-8-20-33(25)48-42(26)39)44-31-18-10-16-27-37(31)45(40(34(28)43)35(29)44)38-24-12-4-7-19-32(24)47-41(27)38/h3-21H,1-2H3. The van der Waals surface area contributed by atoms with E-state index in [9.17, 15) is 0 Å². The number of para-hydroxylation sites is 2. The Kier molecular flexibility index (Phi) is 4.14. The molecular weight excluding hydrogens is 619 g/mol. The molecule has 2 aliphatic heterocycles. The minimum Gasteiger partial charge on any atom is -0.374 e. The van der Waals surface area contributed by atoms with E-state index in [0.29, 0.717) is 0 Å². The zero-order valence-electron chi connectivity index (χ0n) is 26.3. The maximum Gasteiger partial charge on any atom is 0.333 e. The lowest BCUT2D eigenvalue weighted by molar-refractivity contribution is 0.657. The van der Waals surface area contributed by atoms with E-state index in [4.69, 9.17) is 0 Å². The molecule has 4 aromatic heterocycles. The normalized spacial score (nSPS) is 15.0. The van der Waals surface area contributed by atoms with E-state index in [1.165, 1.54) is 112 Å². The Labute approximate surface area is 284 Å². The second kappa shape index (κ2) is 7.95. The van der Waals surface area contributed by atoms with E-state index >= 15 is 0 Å². The summed E-state index contributed by atoms with van der Waals surface area (Å²) in [6.07, 6.45) is 0. The number of benzene rings is 6. The number of rotatable bonds is 0. The minimum atomic E-state index is -0.158. The number of nitrogens with zero attached hydrogens (tertiary/aromatic N) is 2. The second-order valence-electron chi connectivity index (χ2n) is 14.4. The third kappa shape index (κ3) is 2.55. The average molecular weight is 645 g/mol. The van der Waals surface area contributed by atoms with E-state index in [-0.39, 0.29) is 12.3 Å². The number of hydrogen-bond donors (Lipinski definition) is 0. The van der Waals surface area contributed by atoms with Gasteiger partial charge in [-0.15, -0.1) is 22.7 Å². The van der Waals surface area contributed by atoms with Crippen LogP contribution in [0.15, 0.2) is 115 Å². The van der Waals surface area contributed by atoms with Gasteiger partial charge in [-0.3, -0.25) is 0 Å². The maximum atomic E-state index is 2.75. The molecular formula is C43H25BN2S2. The van der Waals surface area contributed by atoms with Crippen LogP contribution in [0.4, 0.5) is 0 Å². The lowest BCUT2D eigenvalue weighted by Gasteiger charge is -2.37. The molecule has 222 valence electrons. The fourth-order valence-electron chi connectivity index (χ4n) is 10.1. The van der Waals surface area contributed by atoms with Crippen molar-refractivity contribution < 1.29 is 0 Å². The van der Waals surface area contributed by atoms with Crippen molar-refractivity contribution in [3.8, 4) is 27.9 Å². The van der Waals surface area contributed by atoms with Gasteiger partial charge >= 0.3 is 6.85 Å². The van der Waals surface area contributed by atoms with Crippen molar-refractivity contribution in [3.63, 3.8) is 0 Å². The van der Waals surface area contributed by atoms with Crippen molar-refractivity contribution in [1.29, 1.82) is 0 Å². The van der Waals surface area contributed by atoms with E-state index < -0.39 is 0 Å². The van der Waals surface area contributed by atoms with Gasteiger partial charge in [-0.2, -0.15) is 0 Å². The van der Waals surface area contributed by atoms with Crippen molar-refractivity contribution in [3.05, 3.63) is 126 Å². The fraction of sp³-hybridized carbons (Fsp3) is 0.0698. The van der Waals surface area contributed by atoms with Gasteiger partial charge in [0, 0.05) is 53.1 Å². The highest BCUT2D eigenvalue weighted by Gasteiger charge is 2.48. The van der Waals surface area contributed by atoms with Gasteiger partial charge in [0.1, 0.15) is 0 Å². The first-order chi connectivity index (χ1) is 23.6. The molecule has 0 radical (unpaired) electrons. The van der Waals surface area contributed by atoms with E-state index in [1.807, 2.05) is 22.7 Å². The summed E-state index contributed by atoms with van der Waals surface area (Å²) in [4.78, 5) is 0. The molecule has 13 rings (SSSR count). The lowest BCUT2D eigenvalue weighted by Crippen LogP contribution is -2.56. The molecule has 10 aromatic rings. The number of fused-ring (bicyclic) bond motifs is 18. The third-order valence-corrected chi connectivity index (χ3v) is 14.2. The molecule has 0 saturated carbocycles. The molecule has 0 N–H and O–H groups in total. The lowest BCUT2D eigenvalue weighted by atomic mass is 9.45. The second-order valence-corrected chi connectivity index (χ2v) is 16.5. The molecule has 2 nitrogen and oxygen atoms in total. The van der Waals surface area contributed by atoms with E-state index in [0.717, 1.165) is 0 Å². The van der Waals surface area contributed by atoms with Gasteiger partial charge in [-0.05, 0) is 56.9 Å². The van der Waals surface area contributed by atoms with Gasteiger partial charge in [0.2, 0.25) is 0 Å². The van der Waals surface area contributed by atoms with Crippen LogP contribution in [0.5, 0.6) is 0 Å². The van der Waals surface area contributed by atoms with Crippen LogP contribution < -0.4 is 10.9 Å². The molecule has 0 bridgehead atoms. The van der Waals surface area contributed by atoms with Crippen molar-refractivity contribution in [2.45, 2.75) is 19.3 Å². The Morgan fingerprint density at radius 2 is 1.17 bits per heavy atom. The number of thiophene rings is 2. The largest absolute Gasteiger partial charge is 0.374 e. The molecule has 3 aliphatic rings. The first-order valence-electron chi connectivity index (χ1n) is 16.8. The van der Waals surface area contributed by atoms with Gasteiger partial charge in [-0.25, -0.2) is 0 Å². The highest BCUT2D eigenvalue weighted by molar-refractivity contribution is 7.27. The summed E-state index contributed by atoms with van der Waals surface area (Å²) >= 11 is 3.90.